The number of hydrogen-bond acceptors (Lipinski definition) is 5. The van der Waals surface area contributed by atoms with Gasteiger partial charge < -0.3 is 20.3 Å². The predicted molar refractivity (Wildman–Crippen MR) is 352 cm³/mol. The SMILES string of the molecule is CCCCCCCCCCCCCCCCCC/C=C/C(O)C(CO)NC(=O)CCCCCCCCCCCCCCCCCCC/C=C\CCCCCCCCCCCCCCOC(=O)CCCCCCCCCCCCCC. The zero-order valence-corrected chi connectivity index (χ0v) is 54.3. The summed E-state index contributed by atoms with van der Waals surface area (Å²) in [6.45, 7) is 4.94. The van der Waals surface area contributed by atoms with Gasteiger partial charge >= 0.3 is 5.97 Å². The van der Waals surface area contributed by atoms with Crippen molar-refractivity contribution < 1.29 is 24.5 Å². The molecule has 0 spiro atoms. The number of amides is 1. The van der Waals surface area contributed by atoms with E-state index in [1.54, 1.807) is 6.08 Å². The Morgan fingerprint density at radius 1 is 0.338 bits per heavy atom. The molecule has 0 aromatic heterocycles. The van der Waals surface area contributed by atoms with E-state index in [4.69, 9.17) is 4.74 Å². The van der Waals surface area contributed by atoms with Gasteiger partial charge in [0.15, 0.2) is 0 Å². The second kappa shape index (κ2) is 69.8. The molecular weight excluding hydrogens is 983 g/mol. The molecule has 0 aromatic carbocycles. The van der Waals surface area contributed by atoms with Crippen molar-refractivity contribution in [2.45, 2.75) is 424 Å². The van der Waals surface area contributed by atoms with E-state index in [-0.39, 0.29) is 18.5 Å². The molecule has 1 amide bonds. The molecule has 0 radical (unpaired) electrons. The van der Waals surface area contributed by atoms with Crippen molar-refractivity contribution in [3.8, 4) is 0 Å². The minimum absolute atomic E-state index is 0.0198. The molecule has 3 N–H and O–H groups in total. The molecule has 0 rings (SSSR count). The molecule has 0 aromatic rings. The number of aliphatic hydroxyl groups excluding tert-OH is 2. The third-order valence-electron chi connectivity index (χ3n) is 17.2. The Labute approximate surface area is 501 Å². The van der Waals surface area contributed by atoms with Crippen LogP contribution in [0.1, 0.15) is 412 Å². The van der Waals surface area contributed by atoms with Crippen LogP contribution in [0.3, 0.4) is 0 Å². The molecular formula is C74H143NO5. The summed E-state index contributed by atoms with van der Waals surface area (Å²) in [5.41, 5.74) is 0. The Hall–Kier alpha value is -1.66. The zero-order chi connectivity index (χ0) is 57.8. The number of unbranched alkanes of at least 4 members (excludes halogenated alkanes) is 56. The predicted octanol–water partition coefficient (Wildman–Crippen LogP) is 23.7. The van der Waals surface area contributed by atoms with Crippen LogP contribution in [-0.4, -0.2) is 47.4 Å². The Bertz CT molecular complexity index is 1250. The van der Waals surface area contributed by atoms with Gasteiger partial charge in [-0.3, -0.25) is 9.59 Å². The molecule has 0 aliphatic rings. The van der Waals surface area contributed by atoms with Crippen molar-refractivity contribution in [3.63, 3.8) is 0 Å². The molecule has 0 aliphatic heterocycles. The molecule has 0 bridgehead atoms. The summed E-state index contributed by atoms with van der Waals surface area (Å²) in [4.78, 5) is 24.5. The van der Waals surface area contributed by atoms with E-state index in [1.807, 2.05) is 6.08 Å². The zero-order valence-electron chi connectivity index (χ0n) is 54.3. The highest BCUT2D eigenvalue weighted by atomic mass is 16.5. The van der Waals surface area contributed by atoms with Crippen LogP contribution in [0.15, 0.2) is 24.3 Å². The lowest BCUT2D eigenvalue weighted by molar-refractivity contribution is -0.143. The summed E-state index contributed by atoms with van der Waals surface area (Å²) < 4.78 is 5.48. The average Bonchev–Trinajstić information content (AvgIpc) is 3.46. The number of rotatable bonds is 69. The van der Waals surface area contributed by atoms with Crippen LogP contribution in [0.4, 0.5) is 0 Å². The topological polar surface area (TPSA) is 95.9 Å². The van der Waals surface area contributed by atoms with Gasteiger partial charge in [0.2, 0.25) is 5.91 Å². The summed E-state index contributed by atoms with van der Waals surface area (Å²) >= 11 is 0. The van der Waals surface area contributed by atoms with Gasteiger partial charge in [-0.05, 0) is 57.8 Å². The molecule has 474 valence electrons. The summed E-state index contributed by atoms with van der Waals surface area (Å²) in [6, 6.07) is -0.626. The molecule has 6 heteroatoms. The van der Waals surface area contributed by atoms with Gasteiger partial charge in [-0.2, -0.15) is 0 Å². The average molecular weight is 1130 g/mol. The molecule has 80 heavy (non-hydrogen) atoms. The number of allylic oxidation sites excluding steroid dienone is 3. The number of esters is 1. The van der Waals surface area contributed by atoms with E-state index in [9.17, 15) is 19.8 Å². The molecule has 2 atom stereocenters. The van der Waals surface area contributed by atoms with Crippen LogP contribution >= 0.6 is 0 Å². The van der Waals surface area contributed by atoms with Gasteiger partial charge in [-0.25, -0.2) is 0 Å². The van der Waals surface area contributed by atoms with Crippen LogP contribution in [0.5, 0.6) is 0 Å². The maximum atomic E-state index is 12.5. The lowest BCUT2D eigenvalue weighted by atomic mass is 10.0. The van der Waals surface area contributed by atoms with E-state index in [0.717, 1.165) is 38.5 Å². The van der Waals surface area contributed by atoms with Gasteiger partial charge in [-0.1, -0.05) is 366 Å². The first-order valence-corrected chi connectivity index (χ1v) is 36.6. The molecule has 0 saturated heterocycles. The van der Waals surface area contributed by atoms with Gasteiger partial charge in [0.1, 0.15) is 0 Å². The summed E-state index contributed by atoms with van der Waals surface area (Å²) in [5, 5.41) is 23.2. The number of carbonyl (C=O) groups excluding carboxylic acids is 2. The minimum atomic E-state index is -0.842. The molecule has 0 heterocycles. The molecule has 0 fully saturated rings. The van der Waals surface area contributed by atoms with E-state index in [2.05, 4.69) is 31.3 Å². The van der Waals surface area contributed by atoms with Crippen molar-refractivity contribution in [3.05, 3.63) is 24.3 Å². The fraction of sp³-hybridized carbons (Fsp3) is 0.919. The van der Waals surface area contributed by atoms with E-state index in [0.29, 0.717) is 19.4 Å². The molecule has 0 aliphatic carbocycles. The van der Waals surface area contributed by atoms with Crippen LogP contribution in [-0.2, 0) is 14.3 Å². The Balaban J connectivity index is 3.37. The highest BCUT2D eigenvalue weighted by molar-refractivity contribution is 5.76. The second-order valence-electron chi connectivity index (χ2n) is 25.3. The van der Waals surface area contributed by atoms with Gasteiger partial charge in [-0.15, -0.1) is 0 Å². The van der Waals surface area contributed by atoms with Crippen molar-refractivity contribution in [2.75, 3.05) is 13.2 Å². The number of ether oxygens (including phenoxy) is 1. The second-order valence-corrected chi connectivity index (χ2v) is 25.3. The first-order valence-electron chi connectivity index (χ1n) is 36.6. The highest BCUT2D eigenvalue weighted by Gasteiger charge is 2.18. The lowest BCUT2D eigenvalue weighted by Crippen LogP contribution is -2.45. The summed E-state index contributed by atoms with van der Waals surface area (Å²) in [7, 11) is 0. The maximum Gasteiger partial charge on any atom is 0.305 e. The largest absolute Gasteiger partial charge is 0.466 e. The lowest BCUT2D eigenvalue weighted by Gasteiger charge is -2.20. The Morgan fingerprint density at radius 3 is 0.887 bits per heavy atom. The molecule has 2 unspecified atom stereocenters. The molecule has 6 nitrogen and oxygen atoms in total. The fourth-order valence-corrected chi connectivity index (χ4v) is 11.6. The Kier molecular flexibility index (Phi) is 68.4. The van der Waals surface area contributed by atoms with Crippen LogP contribution < -0.4 is 5.32 Å². The maximum absolute atomic E-state index is 12.5. The summed E-state index contributed by atoms with van der Waals surface area (Å²) in [5.74, 6) is -0.0414. The third-order valence-corrected chi connectivity index (χ3v) is 17.2. The van der Waals surface area contributed by atoms with Gasteiger partial charge in [0, 0.05) is 12.8 Å². The first kappa shape index (κ1) is 78.3. The molecule has 0 saturated carbocycles. The normalized spacial score (nSPS) is 12.6. The monoisotopic (exact) mass is 1130 g/mol. The minimum Gasteiger partial charge on any atom is -0.466 e. The highest BCUT2D eigenvalue weighted by Crippen LogP contribution is 2.19. The van der Waals surface area contributed by atoms with Crippen LogP contribution in [0.2, 0.25) is 0 Å². The van der Waals surface area contributed by atoms with Crippen molar-refractivity contribution in [1.82, 2.24) is 5.32 Å². The number of carbonyl (C=O) groups is 2. The number of nitrogens with one attached hydrogen (secondary N) is 1. The fourth-order valence-electron chi connectivity index (χ4n) is 11.6. The Morgan fingerprint density at radius 2 is 0.588 bits per heavy atom. The van der Waals surface area contributed by atoms with Crippen molar-refractivity contribution in [1.29, 1.82) is 0 Å². The smallest absolute Gasteiger partial charge is 0.305 e. The van der Waals surface area contributed by atoms with Gasteiger partial charge in [0.25, 0.3) is 0 Å². The third kappa shape index (κ3) is 65.5. The number of hydrogen-bond donors (Lipinski definition) is 3. The first-order chi connectivity index (χ1) is 39.5. The van der Waals surface area contributed by atoms with Crippen LogP contribution in [0, 0.1) is 0 Å². The number of aliphatic hydroxyl groups is 2. The standard InChI is InChI=1S/C74H143NO5/c1-3-5-7-9-11-13-15-17-18-19-37-40-43-46-50-54-58-62-66-72(77)71(70-76)75-73(78)67-63-59-55-51-47-44-41-38-35-33-31-29-27-25-23-21-20-22-24-26-28-30-32-34-36-39-42-45-49-53-57-61-65-69-80-74(79)68-64-60-56-52-48-16-14-12-10-8-6-4-2/h24,26,62,66,71-72,76-77H,3-23,25,27-61,63-65,67-70H2,1-2H3,(H,75,78)/b26-24-,66-62+. The van der Waals surface area contributed by atoms with Gasteiger partial charge in [0.05, 0.1) is 25.4 Å². The quantitative estimate of drug-likeness (QED) is 0.0320. The van der Waals surface area contributed by atoms with Crippen LogP contribution in [0.25, 0.3) is 0 Å². The van der Waals surface area contributed by atoms with E-state index >= 15 is 0 Å². The van der Waals surface area contributed by atoms with E-state index < -0.39 is 12.1 Å². The van der Waals surface area contributed by atoms with Crippen molar-refractivity contribution in [2.24, 2.45) is 0 Å². The summed E-state index contributed by atoms with van der Waals surface area (Å²) in [6.07, 6.45) is 88.5. The van der Waals surface area contributed by atoms with E-state index in [1.165, 1.54) is 347 Å². The van der Waals surface area contributed by atoms with Crippen molar-refractivity contribution >= 4 is 11.9 Å².